The minimum atomic E-state index is -0.944. The minimum Gasteiger partial charge on any atom is -0.496 e. The van der Waals surface area contributed by atoms with Gasteiger partial charge in [-0.1, -0.05) is 36.4 Å². The molecule has 4 rings (SSSR count). The molecule has 1 heterocycles. The zero-order chi connectivity index (χ0) is 22.0. The molecule has 0 aliphatic carbocycles. The molecule has 156 valence electrons. The van der Waals surface area contributed by atoms with Crippen LogP contribution >= 0.6 is 0 Å². The molecule has 8 heteroatoms. The molecule has 0 unspecified atom stereocenters. The van der Waals surface area contributed by atoms with E-state index in [1.807, 2.05) is 0 Å². The summed E-state index contributed by atoms with van der Waals surface area (Å²) >= 11 is 0. The second-order valence-electron chi connectivity index (χ2n) is 6.54. The van der Waals surface area contributed by atoms with Crippen molar-refractivity contribution in [3.05, 3.63) is 88.8 Å². The van der Waals surface area contributed by atoms with Gasteiger partial charge in [0.2, 0.25) is 5.88 Å². The Balaban J connectivity index is 1.82. The maximum atomic E-state index is 13.9. The molecule has 0 bridgehead atoms. The SMILES string of the molecule is COc1ccccc1-c1c(NC(=O)Nc2ccc(F)cc2F)oc(=O)c2ccccc12. The Kier molecular flexibility index (Phi) is 5.36. The van der Waals surface area contributed by atoms with Crippen LogP contribution in [0.5, 0.6) is 5.75 Å². The van der Waals surface area contributed by atoms with Gasteiger partial charge in [0.15, 0.2) is 0 Å². The third-order valence-electron chi connectivity index (χ3n) is 4.62. The molecule has 0 spiro atoms. The van der Waals surface area contributed by atoms with Gasteiger partial charge in [-0.05, 0) is 24.3 Å². The van der Waals surface area contributed by atoms with E-state index in [-0.39, 0.29) is 11.6 Å². The summed E-state index contributed by atoms with van der Waals surface area (Å²) in [5, 5.41) is 5.58. The zero-order valence-electron chi connectivity index (χ0n) is 16.2. The summed E-state index contributed by atoms with van der Waals surface area (Å²) in [6, 6.07) is 15.7. The van der Waals surface area contributed by atoms with Crippen molar-refractivity contribution in [3.63, 3.8) is 0 Å². The third kappa shape index (κ3) is 3.95. The lowest BCUT2D eigenvalue weighted by molar-refractivity contribution is 0.261. The number of halogens is 2. The van der Waals surface area contributed by atoms with Gasteiger partial charge < -0.3 is 14.5 Å². The Labute approximate surface area is 175 Å². The first-order valence-corrected chi connectivity index (χ1v) is 9.20. The fraction of sp³-hybridized carbons (Fsp3) is 0.0435. The van der Waals surface area contributed by atoms with Gasteiger partial charge in [-0.2, -0.15) is 0 Å². The first-order chi connectivity index (χ1) is 15.0. The van der Waals surface area contributed by atoms with Crippen LogP contribution in [-0.4, -0.2) is 13.1 Å². The van der Waals surface area contributed by atoms with Gasteiger partial charge in [0.25, 0.3) is 0 Å². The molecule has 2 N–H and O–H groups in total. The third-order valence-corrected chi connectivity index (χ3v) is 4.62. The summed E-state index contributed by atoms with van der Waals surface area (Å²) in [4.78, 5) is 25.0. The number of nitrogens with one attached hydrogen (secondary N) is 2. The van der Waals surface area contributed by atoms with Gasteiger partial charge in [-0.25, -0.2) is 18.4 Å². The van der Waals surface area contributed by atoms with Crippen LogP contribution in [0.4, 0.5) is 25.1 Å². The van der Waals surface area contributed by atoms with Gasteiger partial charge in [0, 0.05) is 17.0 Å². The molecular formula is C23H16F2N2O4. The van der Waals surface area contributed by atoms with Crippen LogP contribution in [0.2, 0.25) is 0 Å². The second kappa shape index (κ2) is 8.27. The largest absolute Gasteiger partial charge is 0.496 e. The highest BCUT2D eigenvalue weighted by atomic mass is 19.1. The number of para-hydroxylation sites is 1. The van der Waals surface area contributed by atoms with E-state index >= 15 is 0 Å². The molecule has 0 fully saturated rings. The first-order valence-electron chi connectivity index (χ1n) is 9.20. The number of hydrogen-bond acceptors (Lipinski definition) is 4. The van der Waals surface area contributed by atoms with E-state index in [0.29, 0.717) is 33.7 Å². The van der Waals surface area contributed by atoms with Crippen molar-refractivity contribution in [2.24, 2.45) is 0 Å². The summed E-state index contributed by atoms with van der Waals surface area (Å²) in [7, 11) is 1.50. The Bertz CT molecular complexity index is 1350. The van der Waals surface area contributed by atoms with E-state index in [9.17, 15) is 18.4 Å². The summed E-state index contributed by atoms with van der Waals surface area (Å²) in [5.74, 6) is -1.37. The second-order valence-corrected chi connectivity index (χ2v) is 6.54. The van der Waals surface area contributed by atoms with Crippen LogP contribution in [0.3, 0.4) is 0 Å². The lowest BCUT2D eigenvalue weighted by atomic mass is 9.99. The van der Waals surface area contributed by atoms with Gasteiger partial charge in [-0.3, -0.25) is 5.32 Å². The van der Waals surface area contributed by atoms with Gasteiger partial charge in [0.05, 0.1) is 23.7 Å². The van der Waals surface area contributed by atoms with Crippen LogP contribution in [0.25, 0.3) is 21.9 Å². The number of carbonyl (C=O) groups excluding carboxylic acids is 1. The minimum absolute atomic E-state index is 0.145. The molecule has 0 aliphatic rings. The molecule has 0 atom stereocenters. The van der Waals surface area contributed by atoms with Gasteiger partial charge >= 0.3 is 11.7 Å². The lowest BCUT2D eigenvalue weighted by Gasteiger charge is -2.15. The topological polar surface area (TPSA) is 80.6 Å². The Morgan fingerprint density at radius 2 is 1.65 bits per heavy atom. The van der Waals surface area contributed by atoms with E-state index in [1.165, 1.54) is 7.11 Å². The average molecular weight is 422 g/mol. The van der Waals surface area contributed by atoms with Crippen molar-refractivity contribution in [1.82, 2.24) is 0 Å². The Morgan fingerprint density at radius 3 is 2.39 bits per heavy atom. The number of rotatable bonds is 4. The number of fused-ring (bicyclic) bond motifs is 1. The Hall–Kier alpha value is -4.20. The van der Waals surface area contributed by atoms with Crippen LogP contribution < -0.4 is 21.0 Å². The normalized spacial score (nSPS) is 10.7. The number of hydrogen-bond donors (Lipinski definition) is 2. The highest BCUT2D eigenvalue weighted by Gasteiger charge is 2.20. The average Bonchev–Trinajstić information content (AvgIpc) is 2.76. The highest BCUT2D eigenvalue weighted by molar-refractivity contribution is 6.07. The maximum absolute atomic E-state index is 13.9. The van der Waals surface area contributed by atoms with E-state index < -0.39 is 23.3 Å². The molecule has 6 nitrogen and oxygen atoms in total. The van der Waals surface area contributed by atoms with Crippen LogP contribution in [0.1, 0.15) is 0 Å². The molecular weight excluding hydrogens is 406 g/mol. The number of ether oxygens (including phenoxy) is 1. The standard InChI is InChI=1S/C23H16F2N2O4/c1-30-19-9-5-4-8-16(19)20-14-6-2-3-7-15(14)22(28)31-21(20)27-23(29)26-18-11-10-13(24)12-17(18)25/h2-12H,1H3,(H2,26,27,29). The quantitative estimate of drug-likeness (QED) is 0.462. The predicted molar refractivity (Wildman–Crippen MR) is 113 cm³/mol. The fourth-order valence-electron chi connectivity index (χ4n) is 3.25. The molecule has 0 aliphatic heterocycles. The number of carbonyl (C=O) groups is 1. The summed E-state index contributed by atoms with van der Waals surface area (Å²) < 4.78 is 37.8. The number of anilines is 2. The first kappa shape index (κ1) is 20.1. The number of urea groups is 1. The van der Waals surface area contributed by atoms with Crippen LogP contribution in [-0.2, 0) is 0 Å². The lowest BCUT2D eigenvalue weighted by Crippen LogP contribution is -2.21. The molecule has 0 radical (unpaired) electrons. The fourth-order valence-corrected chi connectivity index (χ4v) is 3.25. The maximum Gasteiger partial charge on any atom is 0.345 e. The van der Waals surface area contributed by atoms with Crippen LogP contribution in [0, 0.1) is 11.6 Å². The highest BCUT2D eigenvalue weighted by Crippen LogP contribution is 2.39. The summed E-state index contributed by atoms with van der Waals surface area (Å²) in [6.07, 6.45) is 0. The van der Waals surface area contributed by atoms with Crippen LogP contribution in [0.15, 0.2) is 75.9 Å². The monoisotopic (exact) mass is 422 g/mol. The molecule has 4 aromatic rings. The van der Waals surface area contributed by atoms with Crippen molar-refractivity contribution in [3.8, 4) is 16.9 Å². The number of amides is 2. The zero-order valence-corrected chi connectivity index (χ0v) is 16.2. The molecule has 0 saturated heterocycles. The molecule has 0 saturated carbocycles. The molecule has 31 heavy (non-hydrogen) atoms. The van der Waals surface area contributed by atoms with Crippen molar-refractivity contribution >= 4 is 28.4 Å². The smallest absolute Gasteiger partial charge is 0.345 e. The van der Waals surface area contributed by atoms with Crippen molar-refractivity contribution < 1.29 is 22.7 Å². The van der Waals surface area contributed by atoms with E-state index in [1.54, 1.807) is 48.5 Å². The van der Waals surface area contributed by atoms with E-state index in [2.05, 4.69) is 10.6 Å². The summed E-state index contributed by atoms with van der Waals surface area (Å²) in [6.45, 7) is 0. The van der Waals surface area contributed by atoms with E-state index in [4.69, 9.17) is 9.15 Å². The van der Waals surface area contributed by atoms with Gasteiger partial charge in [-0.15, -0.1) is 0 Å². The predicted octanol–water partition coefficient (Wildman–Crippen LogP) is 5.39. The van der Waals surface area contributed by atoms with Crippen molar-refractivity contribution in [2.75, 3.05) is 17.7 Å². The molecule has 3 aromatic carbocycles. The molecule has 2 amide bonds. The van der Waals surface area contributed by atoms with Crippen molar-refractivity contribution in [1.29, 1.82) is 0 Å². The van der Waals surface area contributed by atoms with Crippen molar-refractivity contribution in [2.45, 2.75) is 0 Å². The van der Waals surface area contributed by atoms with E-state index in [0.717, 1.165) is 12.1 Å². The number of benzene rings is 3. The van der Waals surface area contributed by atoms with Gasteiger partial charge in [0.1, 0.15) is 17.4 Å². The summed E-state index contributed by atoms with van der Waals surface area (Å²) in [5.41, 5.74) is 0.106. The Morgan fingerprint density at radius 1 is 0.935 bits per heavy atom. The molecule has 1 aromatic heterocycles. The number of methoxy groups -OCH3 is 1.